The van der Waals surface area contributed by atoms with Crippen LogP contribution in [0, 0.1) is 0 Å². The van der Waals surface area contributed by atoms with Crippen molar-refractivity contribution in [3.63, 3.8) is 0 Å². The molecule has 0 aromatic rings. The number of rotatable bonds is 12. The largest absolute Gasteiger partial charge is 0.480 e. The summed E-state index contributed by atoms with van der Waals surface area (Å²) in [7, 11) is 0. The first-order chi connectivity index (χ1) is 12.5. The van der Waals surface area contributed by atoms with E-state index in [9.17, 15) is 24.0 Å². The van der Waals surface area contributed by atoms with Gasteiger partial charge in [0, 0.05) is 0 Å². The van der Waals surface area contributed by atoms with Crippen LogP contribution in [0.25, 0.3) is 0 Å². The van der Waals surface area contributed by atoms with Crippen molar-refractivity contribution in [2.75, 3.05) is 12.0 Å². The van der Waals surface area contributed by atoms with Crippen molar-refractivity contribution in [2.45, 2.75) is 50.9 Å². The Labute approximate surface area is 161 Å². The van der Waals surface area contributed by atoms with Gasteiger partial charge in [0.15, 0.2) is 0 Å². The van der Waals surface area contributed by atoms with Gasteiger partial charge in [-0.2, -0.15) is 11.8 Å². The second-order valence-electron chi connectivity index (χ2n) is 5.92. The molecule has 4 atom stereocenters. The molecule has 0 spiro atoms. The highest BCUT2D eigenvalue weighted by molar-refractivity contribution is 7.98. The summed E-state index contributed by atoms with van der Waals surface area (Å²) in [6.45, 7) is 2.75. The zero-order valence-electron chi connectivity index (χ0n) is 15.5. The van der Waals surface area contributed by atoms with Gasteiger partial charge < -0.3 is 32.5 Å². The van der Waals surface area contributed by atoms with Crippen LogP contribution in [0.2, 0.25) is 0 Å². The van der Waals surface area contributed by atoms with Crippen molar-refractivity contribution in [2.24, 2.45) is 11.5 Å². The minimum absolute atomic E-state index is 0.243. The number of nitrogens with two attached hydrogens (primary N) is 2. The van der Waals surface area contributed by atoms with E-state index in [4.69, 9.17) is 16.6 Å². The molecule has 4 unspecified atom stereocenters. The molecule has 11 nitrogen and oxygen atoms in total. The number of hydrogen-bond acceptors (Lipinski definition) is 7. The number of carboxylic acids is 1. The monoisotopic (exact) mass is 405 g/mol. The number of carbonyl (C=O) groups excluding carboxylic acids is 4. The van der Waals surface area contributed by atoms with Crippen molar-refractivity contribution in [1.82, 2.24) is 16.0 Å². The minimum atomic E-state index is -1.19. The summed E-state index contributed by atoms with van der Waals surface area (Å²) >= 11 is 1.45. The molecular formula is C15H27N5O6S. The maximum absolute atomic E-state index is 12.1. The Hall–Kier alpha value is -2.34. The first-order valence-corrected chi connectivity index (χ1v) is 9.55. The van der Waals surface area contributed by atoms with E-state index < -0.39 is 53.8 Å². The van der Waals surface area contributed by atoms with Crippen LogP contribution in [-0.2, 0) is 24.0 Å². The standard InChI is InChI=1S/C15H27N5O6S/c1-7(19-14(24)9(16)6-11(17)21)12(22)18-8(2)13(23)20-10(15(25)26)4-5-27-3/h7-10H,4-6,16H2,1-3H3,(H2,17,21)(H,18,22)(H,19,24)(H,20,23)(H,25,26). The molecule has 0 radical (unpaired) electrons. The number of primary amides is 1. The Bertz CT molecular complexity index is 573. The molecule has 0 aliphatic carbocycles. The first-order valence-electron chi connectivity index (χ1n) is 8.16. The van der Waals surface area contributed by atoms with Crippen molar-refractivity contribution in [3.05, 3.63) is 0 Å². The highest BCUT2D eigenvalue weighted by Gasteiger charge is 2.26. The number of amides is 4. The number of hydrogen-bond donors (Lipinski definition) is 6. The predicted molar refractivity (Wildman–Crippen MR) is 99.6 cm³/mol. The number of aliphatic carboxylic acids is 1. The molecule has 0 rings (SSSR count). The highest BCUT2D eigenvalue weighted by atomic mass is 32.2. The average molecular weight is 405 g/mol. The van der Waals surface area contributed by atoms with Gasteiger partial charge in [-0.25, -0.2) is 4.79 Å². The van der Waals surface area contributed by atoms with Crippen molar-refractivity contribution >= 4 is 41.4 Å². The molecule has 0 saturated heterocycles. The summed E-state index contributed by atoms with van der Waals surface area (Å²) in [5, 5.41) is 16.1. The van der Waals surface area contributed by atoms with Crippen molar-refractivity contribution < 1.29 is 29.1 Å². The Morgan fingerprint density at radius 2 is 1.44 bits per heavy atom. The Kier molecular flexibility index (Phi) is 11.1. The number of carboxylic acid groups (broad SMARTS) is 1. The smallest absolute Gasteiger partial charge is 0.326 e. The van der Waals surface area contributed by atoms with Crippen LogP contribution in [0.1, 0.15) is 26.7 Å². The third kappa shape index (κ3) is 9.80. The minimum Gasteiger partial charge on any atom is -0.480 e. The second kappa shape index (κ2) is 12.1. The van der Waals surface area contributed by atoms with E-state index in [-0.39, 0.29) is 12.8 Å². The third-order valence-corrected chi connectivity index (χ3v) is 4.13. The molecule has 0 aromatic heterocycles. The van der Waals surface area contributed by atoms with E-state index in [1.54, 1.807) is 0 Å². The van der Waals surface area contributed by atoms with Crippen LogP contribution in [0.4, 0.5) is 0 Å². The van der Waals surface area contributed by atoms with Crippen LogP contribution in [0.5, 0.6) is 0 Å². The molecule has 27 heavy (non-hydrogen) atoms. The summed E-state index contributed by atoms with van der Waals surface area (Å²) in [5.41, 5.74) is 10.4. The molecule has 0 fully saturated rings. The number of thioether (sulfide) groups is 1. The second-order valence-corrected chi connectivity index (χ2v) is 6.90. The van der Waals surface area contributed by atoms with Gasteiger partial charge >= 0.3 is 5.97 Å². The predicted octanol–water partition coefficient (Wildman–Crippen LogP) is -2.48. The fourth-order valence-corrected chi connectivity index (χ4v) is 2.36. The molecule has 0 aliphatic rings. The summed E-state index contributed by atoms with van der Waals surface area (Å²) in [5.74, 6) is -3.45. The van der Waals surface area contributed by atoms with Gasteiger partial charge in [0.2, 0.25) is 23.6 Å². The van der Waals surface area contributed by atoms with Gasteiger partial charge in [0.25, 0.3) is 0 Å². The molecule has 0 aliphatic heterocycles. The van der Waals surface area contributed by atoms with E-state index in [1.165, 1.54) is 25.6 Å². The van der Waals surface area contributed by atoms with Crippen LogP contribution >= 0.6 is 11.8 Å². The fraction of sp³-hybridized carbons (Fsp3) is 0.667. The van der Waals surface area contributed by atoms with Gasteiger partial charge in [-0.3, -0.25) is 19.2 Å². The number of carbonyl (C=O) groups is 5. The number of nitrogens with one attached hydrogen (secondary N) is 3. The topological polar surface area (TPSA) is 194 Å². The zero-order valence-corrected chi connectivity index (χ0v) is 16.3. The van der Waals surface area contributed by atoms with Crippen LogP contribution in [-0.4, -0.2) is 70.9 Å². The molecule has 4 amide bonds. The Morgan fingerprint density at radius 1 is 0.963 bits per heavy atom. The van der Waals surface area contributed by atoms with E-state index in [2.05, 4.69) is 16.0 Å². The Morgan fingerprint density at radius 3 is 1.89 bits per heavy atom. The van der Waals surface area contributed by atoms with Crippen LogP contribution < -0.4 is 27.4 Å². The molecule has 12 heteroatoms. The molecule has 0 aromatic carbocycles. The van der Waals surface area contributed by atoms with E-state index in [1.807, 2.05) is 6.26 Å². The average Bonchev–Trinajstić information content (AvgIpc) is 2.56. The quantitative estimate of drug-likeness (QED) is 0.205. The summed E-state index contributed by atoms with van der Waals surface area (Å²) < 4.78 is 0. The van der Waals surface area contributed by atoms with Gasteiger partial charge in [-0.05, 0) is 32.3 Å². The molecular weight excluding hydrogens is 378 g/mol. The van der Waals surface area contributed by atoms with E-state index in [0.29, 0.717) is 5.75 Å². The van der Waals surface area contributed by atoms with Gasteiger partial charge in [-0.1, -0.05) is 0 Å². The van der Waals surface area contributed by atoms with Crippen LogP contribution in [0.15, 0.2) is 0 Å². The summed E-state index contributed by atoms with van der Waals surface area (Å²) in [6.07, 6.45) is 1.69. The first kappa shape index (κ1) is 24.7. The molecule has 0 bridgehead atoms. The molecule has 154 valence electrons. The maximum Gasteiger partial charge on any atom is 0.326 e. The van der Waals surface area contributed by atoms with Crippen molar-refractivity contribution in [3.8, 4) is 0 Å². The SMILES string of the molecule is CSCCC(NC(=O)C(C)NC(=O)C(C)NC(=O)C(N)CC(N)=O)C(=O)O. The lowest BCUT2D eigenvalue weighted by Gasteiger charge is -2.21. The van der Waals surface area contributed by atoms with Gasteiger partial charge in [-0.15, -0.1) is 0 Å². The lowest BCUT2D eigenvalue weighted by atomic mass is 10.1. The summed E-state index contributed by atoms with van der Waals surface area (Å²) in [6, 6.07) is -4.30. The fourth-order valence-electron chi connectivity index (χ4n) is 1.89. The lowest BCUT2D eigenvalue weighted by Crippen LogP contribution is -2.55. The lowest BCUT2D eigenvalue weighted by molar-refractivity contribution is -0.142. The van der Waals surface area contributed by atoms with Crippen molar-refractivity contribution in [1.29, 1.82) is 0 Å². The normalized spacial score (nSPS) is 15.0. The summed E-state index contributed by atoms with van der Waals surface area (Å²) in [4.78, 5) is 57.8. The van der Waals surface area contributed by atoms with Gasteiger partial charge in [0.05, 0.1) is 12.5 Å². The molecule has 8 N–H and O–H groups in total. The van der Waals surface area contributed by atoms with Crippen LogP contribution in [0.3, 0.4) is 0 Å². The Balaban J connectivity index is 4.60. The highest BCUT2D eigenvalue weighted by Crippen LogP contribution is 2.01. The zero-order chi connectivity index (χ0) is 21.1. The molecule has 0 heterocycles. The third-order valence-electron chi connectivity index (χ3n) is 3.49. The molecule has 0 saturated carbocycles. The maximum atomic E-state index is 12.1. The van der Waals surface area contributed by atoms with E-state index in [0.717, 1.165) is 0 Å². The van der Waals surface area contributed by atoms with E-state index >= 15 is 0 Å². The van der Waals surface area contributed by atoms with Gasteiger partial charge in [0.1, 0.15) is 18.1 Å².